The quantitative estimate of drug-likeness (QED) is 0.816. The molecule has 3 nitrogen and oxygen atoms in total. The third-order valence-electron chi connectivity index (χ3n) is 3.29. The summed E-state index contributed by atoms with van der Waals surface area (Å²) in [5, 5.41) is 3.51. The van der Waals surface area contributed by atoms with Crippen molar-refractivity contribution in [3.63, 3.8) is 0 Å². The van der Waals surface area contributed by atoms with Crippen molar-refractivity contribution in [2.75, 3.05) is 6.54 Å². The first-order valence-corrected chi connectivity index (χ1v) is 6.13. The Morgan fingerprint density at radius 2 is 2.26 bits per heavy atom. The van der Waals surface area contributed by atoms with Crippen LogP contribution in [0.3, 0.4) is 0 Å². The minimum atomic E-state index is -0.741. The van der Waals surface area contributed by atoms with Gasteiger partial charge in [-0.3, -0.25) is 4.79 Å². The van der Waals surface area contributed by atoms with E-state index in [0.717, 1.165) is 16.5 Å². The molecule has 1 aromatic carbocycles. The average molecular weight is 260 g/mol. The lowest BCUT2D eigenvalue weighted by atomic mass is 9.83. The number of benzene rings is 1. The first kappa shape index (κ1) is 13.3. The normalized spacial score (nSPS) is 11.5. The predicted octanol–water partition coefficient (Wildman–Crippen LogP) is 2.89. The highest BCUT2D eigenvalue weighted by molar-refractivity contribution is 5.94. The molecule has 2 N–H and O–H groups in total. The molecule has 0 radical (unpaired) electrons. The fourth-order valence-electron chi connectivity index (χ4n) is 2.12. The summed E-state index contributed by atoms with van der Waals surface area (Å²) < 4.78 is 13.4. The Balaban J connectivity index is 2.44. The van der Waals surface area contributed by atoms with Gasteiger partial charge in [0, 0.05) is 23.6 Å². The average Bonchev–Trinajstić information content (AvgIpc) is 2.79. The fraction of sp³-hybridized carbons (Fsp3) is 0.267. The number of amides is 1. The zero-order valence-corrected chi connectivity index (χ0v) is 11.1. The molecule has 1 aromatic heterocycles. The van der Waals surface area contributed by atoms with E-state index < -0.39 is 5.41 Å². The van der Waals surface area contributed by atoms with E-state index in [1.807, 2.05) is 13.8 Å². The highest BCUT2D eigenvalue weighted by atomic mass is 19.1. The van der Waals surface area contributed by atoms with Crippen molar-refractivity contribution in [3.8, 4) is 0 Å². The Bertz CT molecular complexity index is 628. The Kier molecular flexibility index (Phi) is 3.42. The molecule has 100 valence electrons. The number of carbonyl (C=O) groups excluding carboxylic acids is 1. The van der Waals surface area contributed by atoms with Gasteiger partial charge in [0.2, 0.25) is 5.91 Å². The molecule has 0 saturated heterocycles. The summed E-state index contributed by atoms with van der Waals surface area (Å²) in [5.41, 5.74) is 0.860. The number of aromatic amines is 1. The van der Waals surface area contributed by atoms with Crippen molar-refractivity contribution < 1.29 is 9.18 Å². The van der Waals surface area contributed by atoms with Crippen LogP contribution in [0.5, 0.6) is 0 Å². The van der Waals surface area contributed by atoms with Crippen LogP contribution < -0.4 is 5.32 Å². The minimum Gasteiger partial charge on any atom is -0.361 e. The summed E-state index contributed by atoms with van der Waals surface area (Å²) in [6, 6.07) is 4.52. The SMILES string of the molecule is C=CCNC(=O)C(C)(C)c1c[nH]c2ccc(F)cc12. The number of fused-ring (bicyclic) bond motifs is 1. The third kappa shape index (κ3) is 2.38. The van der Waals surface area contributed by atoms with Gasteiger partial charge in [-0.1, -0.05) is 6.08 Å². The maximum absolute atomic E-state index is 13.4. The molecule has 19 heavy (non-hydrogen) atoms. The summed E-state index contributed by atoms with van der Waals surface area (Å²) >= 11 is 0. The van der Waals surface area contributed by atoms with Crippen LogP contribution in [0.15, 0.2) is 37.1 Å². The van der Waals surface area contributed by atoms with Crippen LogP contribution in [0.4, 0.5) is 4.39 Å². The van der Waals surface area contributed by atoms with Crippen LogP contribution in [-0.4, -0.2) is 17.4 Å². The van der Waals surface area contributed by atoms with Gasteiger partial charge < -0.3 is 10.3 Å². The predicted molar refractivity (Wildman–Crippen MR) is 74.5 cm³/mol. The van der Waals surface area contributed by atoms with Gasteiger partial charge in [-0.2, -0.15) is 0 Å². The number of hydrogen-bond acceptors (Lipinski definition) is 1. The lowest BCUT2D eigenvalue weighted by molar-refractivity contribution is -0.125. The molecule has 1 heterocycles. The molecule has 0 bridgehead atoms. The zero-order chi connectivity index (χ0) is 14.0. The van der Waals surface area contributed by atoms with Gasteiger partial charge in [0.05, 0.1) is 5.41 Å². The van der Waals surface area contributed by atoms with E-state index in [9.17, 15) is 9.18 Å². The number of H-pyrrole nitrogens is 1. The van der Waals surface area contributed by atoms with Crippen LogP contribution >= 0.6 is 0 Å². The maximum Gasteiger partial charge on any atom is 0.230 e. The Labute approximate surface area is 111 Å². The molecule has 4 heteroatoms. The van der Waals surface area contributed by atoms with Gasteiger partial charge in [-0.15, -0.1) is 6.58 Å². The topological polar surface area (TPSA) is 44.9 Å². The highest BCUT2D eigenvalue weighted by Crippen LogP contribution is 2.31. The number of carbonyl (C=O) groups is 1. The van der Waals surface area contributed by atoms with Gasteiger partial charge in [-0.05, 0) is 37.6 Å². The lowest BCUT2D eigenvalue weighted by Crippen LogP contribution is -2.40. The van der Waals surface area contributed by atoms with Crippen LogP contribution in [0.25, 0.3) is 10.9 Å². The Hall–Kier alpha value is -2.10. The molecule has 0 atom stereocenters. The molecule has 0 unspecified atom stereocenters. The van der Waals surface area contributed by atoms with Crippen molar-refractivity contribution in [3.05, 3.63) is 48.4 Å². The number of rotatable bonds is 4. The molecule has 0 spiro atoms. The van der Waals surface area contributed by atoms with Crippen molar-refractivity contribution in [2.24, 2.45) is 0 Å². The molecule has 0 aliphatic rings. The summed E-state index contributed by atoms with van der Waals surface area (Å²) in [5.74, 6) is -0.423. The van der Waals surface area contributed by atoms with Crippen molar-refractivity contribution in [1.82, 2.24) is 10.3 Å². The summed E-state index contributed by atoms with van der Waals surface area (Å²) in [6.07, 6.45) is 3.39. The van der Waals surface area contributed by atoms with Gasteiger partial charge in [0.25, 0.3) is 0 Å². The Morgan fingerprint density at radius 1 is 1.53 bits per heavy atom. The second-order valence-electron chi connectivity index (χ2n) is 5.02. The Morgan fingerprint density at radius 3 is 2.95 bits per heavy atom. The molecule has 2 aromatic rings. The zero-order valence-electron chi connectivity index (χ0n) is 11.1. The van der Waals surface area contributed by atoms with Crippen LogP contribution in [0, 0.1) is 5.82 Å². The van der Waals surface area contributed by atoms with Crippen molar-refractivity contribution >= 4 is 16.8 Å². The molecular weight excluding hydrogens is 243 g/mol. The lowest BCUT2D eigenvalue weighted by Gasteiger charge is -2.23. The van der Waals surface area contributed by atoms with Gasteiger partial charge >= 0.3 is 0 Å². The second-order valence-corrected chi connectivity index (χ2v) is 5.02. The number of nitrogens with one attached hydrogen (secondary N) is 2. The van der Waals surface area contributed by atoms with Crippen LogP contribution in [0.2, 0.25) is 0 Å². The molecule has 0 saturated carbocycles. The number of aromatic nitrogens is 1. The summed E-state index contributed by atoms with van der Waals surface area (Å²) in [4.78, 5) is 15.2. The van der Waals surface area contributed by atoms with E-state index in [2.05, 4.69) is 16.9 Å². The van der Waals surface area contributed by atoms with Crippen LogP contribution in [-0.2, 0) is 10.2 Å². The van der Waals surface area contributed by atoms with Gasteiger partial charge in [-0.25, -0.2) is 4.39 Å². The highest BCUT2D eigenvalue weighted by Gasteiger charge is 2.31. The molecule has 2 rings (SSSR count). The smallest absolute Gasteiger partial charge is 0.230 e. The van der Waals surface area contributed by atoms with Crippen LogP contribution in [0.1, 0.15) is 19.4 Å². The fourth-order valence-corrected chi connectivity index (χ4v) is 2.12. The second kappa shape index (κ2) is 4.88. The minimum absolute atomic E-state index is 0.113. The standard InChI is InChI=1S/C15H17FN2O/c1-4-7-17-14(19)15(2,3)12-9-18-13-6-5-10(16)8-11(12)13/h4-6,8-9,18H,1,7H2,2-3H3,(H,17,19). The summed E-state index contributed by atoms with van der Waals surface area (Å²) in [7, 11) is 0. The van der Waals surface area contributed by atoms with Gasteiger partial charge in [0.15, 0.2) is 0 Å². The first-order valence-electron chi connectivity index (χ1n) is 6.13. The van der Waals surface area contributed by atoms with Crippen molar-refractivity contribution in [1.29, 1.82) is 0 Å². The molecule has 1 amide bonds. The van der Waals surface area contributed by atoms with E-state index in [4.69, 9.17) is 0 Å². The third-order valence-corrected chi connectivity index (χ3v) is 3.29. The van der Waals surface area contributed by atoms with E-state index in [-0.39, 0.29) is 11.7 Å². The molecule has 0 fully saturated rings. The largest absolute Gasteiger partial charge is 0.361 e. The monoisotopic (exact) mass is 260 g/mol. The van der Waals surface area contributed by atoms with E-state index in [0.29, 0.717) is 6.54 Å². The summed E-state index contributed by atoms with van der Waals surface area (Å²) in [6.45, 7) is 7.62. The molecular formula is C15H17FN2O. The van der Waals surface area contributed by atoms with Crippen molar-refractivity contribution in [2.45, 2.75) is 19.3 Å². The maximum atomic E-state index is 13.4. The van der Waals surface area contributed by atoms with Gasteiger partial charge in [0.1, 0.15) is 5.82 Å². The molecule has 0 aliphatic heterocycles. The number of hydrogen-bond donors (Lipinski definition) is 2. The number of halogens is 1. The molecule has 0 aliphatic carbocycles. The van der Waals surface area contributed by atoms with E-state index in [1.165, 1.54) is 12.1 Å². The first-order chi connectivity index (χ1) is 8.96. The van der Waals surface area contributed by atoms with E-state index in [1.54, 1.807) is 18.3 Å². The van der Waals surface area contributed by atoms with E-state index >= 15 is 0 Å².